The van der Waals surface area contributed by atoms with Crippen molar-refractivity contribution in [2.75, 3.05) is 19.6 Å². The molecule has 2 amide bonds. The highest BCUT2D eigenvalue weighted by atomic mass is 16.2. The number of benzene rings is 1. The smallest absolute Gasteiger partial charge is 0.234 e. The summed E-state index contributed by atoms with van der Waals surface area (Å²) in [6.07, 6.45) is 4.33. The van der Waals surface area contributed by atoms with E-state index in [1.807, 2.05) is 35.2 Å². The monoisotopic (exact) mass is 329 g/mol. The molecule has 2 heterocycles. The number of nitrogens with zero attached hydrogens (tertiary/aromatic N) is 2. The maximum absolute atomic E-state index is 12.3. The van der Waals surface area contributed by atoms with Gasteiger partial charge in [-0.2, -0.15) is 0 Å². The molecule has 0 radical (unpaired) electrons. The Morgan fingerprint density at radius 1 is 1.08 bits per heavy atom. The fourth-order valence-corrected chi connectivity index (χ4v) is 4.10. The molecule has 1 aromatic rings. The Morgan fingerprint density at radius 2 is 1.79 bits per heavy atom. The summed E-state index contributed by atoms with van der Waals surface area (Å²) < 4.78 is 0. The van der Waals surface area contributed by atoms with Gasteiger partial charge in [0.15, 0.2) is 0 Å². The quantitative estimate of drug-likeness (QED) is 0.896. The normalized spacial score (nSPS) is 24.3. The SMILES string of the molecule is CC(=O)N1CCC[C@@H]1[C@H]1CCCN1CC(=O)NCc1ccccc1. The minimum atomic E-state index is 0.0677. The van der Waals surface area contributed by atoms with E-state index in [0.29, 0.717) is 19.1 Å². The second-order valence-electron chi connectivity index (χ2n) is 6.86. The van der Waals surface area contributed by atoms with Crippen molar-refractivity contribution in [3.63, 3.8) is 0 Å². The highest BCUT2D eigenvalue weighted by molar-refractivity contribution is 5.78. The molecule has 2 aliphatic rings. The van der Waals surface area contributed by atoms with Crippen LogP contribution in [0.1, 0.15) is 38.2 Å². The van der Waals surface area contributed by atoms with E-state index in [9.17, 15) is 9.59 Å². The zero-order valence-corrected chi connectivity index (χ0v) is 14.4. The molecule has 0 saturated carbocycles. The lowest BCUT2D eigenvalue weighted by Gasteiger charge is -2.34. The lowest BCUT2D eigenvalue weighted by Crippen LogP contribution is -2.50. The number of nitrogens with one attached hydrogen (secondary N) is 1. The molecule has 2 aliphatic heterocycles. The molecule has 2 saturated heterocycles. The molecular formula is C19H27N3O2. The van der Waals surface area contributed by atoms with Crippen molar-refractivity contribution in [3.8, 4) is 0 Å². The lowest BCUT2D eigenvalue weighted by molar-refractivity contribution is -0.130. The van der Waals surface area contributed by atoms with Gasteiger partial charge in [-0.15, -0.1) is 0 Å². The van der Waals surface area contributed by atoms with Gasteiger partial charge in [-0.3, -0.25) is 14.5 Å². The Labute approximate surface area is 144 Å². The summed E-state index contributed by atoms with van der Waals surface area (Å²) in [4.78, 5) is 28.4. The van der Waals surface area contributed by atoms with E-state index in [0.717, 1.165) is 44.3 Å². The number of carbonyl (C=O) groups is 2. The third-order valence-corrected chi connectivity index (χ3v) is 5.24. The largest absolute Gasteiger partial charge is 0.351 e. The second-order valence-corrected chi connectivity index (χ2v) is 6.86. The van der Waals surface area contributed by atoms with Gasteiger partial charge in [0, 0.05) is 32.1 Å². The third-order valence-electron chi connectivity index (χ3n) is 5.24. The van der Waals surface area contributed by atoms with Gasteiger partial charge in [-0.25, -0.2) is 0 Å². The molecule has 5 heteroatoms. The highest BCUT2D eigenvalue weighted by Gasteiger charge is 2.39. The van der Waals surface area contributed by atoms with Crippen molar-refractivity contribution in [2.45, 2.75) is 51.2 Å². The van der Waals surface area contributed by atoms with Gasteiger partial charge in [0.25, 0.3) is 0 Å². The zero-order chi connectivity index (χ0) is 16.9. The number of amides is 2. The fraction of sp³-hybridized carbons (Fsp3) is 0.579. The van der Waals surface area contributed by atoms with Gasteiger partial charge in [-0.1, -0.05) is 30.3 Å². The first-order valence-electron chi connectivity index (χ1n) is 8.97. The van der Waals surface area contributed by atoms with Crippen molar-refractivity contribution in [1.29, 1.82) is 0 Å². The van der Waals surface area contributed by atoms with E-state index < -0.39 is 0 Å². The van der Waals surface area contributed by atoms with Gasteiger partial charge in [0.2, 0.25) is 11.8 Å². The summed E-state index contributed by atoms with van der Waals surface area (Å²) in [6.45, 7) is 4.47. The van der Waals surface area contributed by atoms with Crippen LogP contribution in [0.25, 0.3) is 0 Å². The molecule has 1 N–H and O–H groups in total. The predicted molar refractivity (Wildman–Crippen MR) is 93.3 cm³/mol. The average Bonchev–Trinajstić information content (AvgIpc) is 3.22. The minimum absolute atomic E-state index is 0.0677. The molecule has 2 atom stereocenters. The summed E-state index contributed by atoms with van der Waals surface area (Å²) in [6, 6.07) is 10.6. The maximum atomic E-state index is 12.3. The van der Waals surface area contributed by atoms with Crippen LogP contribution in [0.4, 0.5) is 0 Å². The third kappa shape index (κ3) is 3.96. The van der Waals surface area contributed by atoms with Crippen molar-refractivity contribution in [3.05, 3.63) is 35.9 Å². The standard InChI is InChI=1S/C19H27N3O2/c1-15(23)22-12-6-10-18(22)17-9-5-11-21(17)14-19(24)20-13-16-7-3-2-4-8-16/h2-4,7-8,17-18H,5-6,9-14H2,1H3,(H,20,24)/t17-,18-/m1/s1. The molecule has 0 aromatic heterocycles. The Morgan fingerprint density at radius 3 is 2.54 bits per heavy atom. The summed E-state index contributed by atoms with van der Waals surface area (Å²) in [5.74, 6) is 0.232. The van der Waals surface area contributed by atoms with E-state index in [1.165, 1.54) is 0 Å². The van der Waals surface area contributed by atoms with E-state index in [-0.39, 0.29) is 17.9 Å². The molecule has 5 nitrogen and oxygen atoms in total. The summed E-state index contributed by atoms with van der Waals surface area (Å²) >= 11 is 0. The van der Waals surface area contributed by atoms with E-state index in [2.05, 4.69) is 10.2 Å². The van der Waals surface area contributed by atoms with Crippen molar-refractivity contribution in [2.24, 2.45) is 0 Å². The summed E-state index contributed by atoms with van der Waals surface area (Å²) in [7, 11) is 0. The van der Waals surface area contributed by atoms with E-state index in [1.54, 1.807) is 6.92 Å². The molecule has 1 aromatic carbocycles. The summed E-state index contributed by atoms with van der Waals surface area (Å²) in [5, 5.41) is 3.01. The van der Waals surface area contributed by atoms with Crippen molar-refractivity contribution in [1.82, 2.24) is 15.1 Å². The van der Waals surface area contributed by atoms with Gasteiger partial charge < -0.3 is 10.2 Å². The molecule has 3 rings (SSSR count). The van der Waals surface area contributed by atoms with Gasteiger partial charge >= 0.3 is 0 Å². The van der Waals surface area contributed by atoms with Gasteiger partial charge in [0.1, 0.15) is 0 Å². The van der Waals surface area contributed by atoms with Crippen LogP contribution in [0.2, 0.25) is 0 Å². The van der Waals surface area contributed by atoms with Crippen LogP contribution in [0, 0.1) is 0 Å². The first kappa shape index (κ1) is 17.0. The van der Waals surface area contributed by atoms with Crippen molar-refractivity contribution < 1.29 is 9.59 Å². The van der Waals surface area contributed by atoms with Crippen LogP contribution in [-0.2, 0) is 16.1 Å². The highest BCUT2D eigenvalue weighted by Crippen LogP contribution is 2.29. The molecule has 24 heavy (non-hydrogen) atoms. The Kier molecular flexibility index (Phi) is 5.51. The number of hydrogen-bond acceptors (Lipinski definition) is 3. The molecule has 0 bridgehead atoms. The fourth-order valence-electron chi connectivity index (χ4n) is 4.10. The predicted octanol–water partition coefficient (Wildman–Crippen LogP) is 1.78. The summed E-state index contributed by atoms with van der Waals surface area (Å²) in [5.41, 5.74) is 1.11. The average molecular weight is 329 g/mol. The molecule has 0 spiro atoms. The lowest BCUT2D eigenvalue weighted by atomic mass is 10.0. The minimum Gasteiger partial charge on any atom is -0.351 e. The zero-order valence-electron chi connectivity index (χ0n) is 14.4. The Bertz CT molecular complexity index is 575. The van der Waals surface area contributed by atoms with Crippen LogP contribution < -0.4 is 5.32 Å². The molecule has 2 fully saturated rings. The van der Waals surface area contributed by atoms with Crippen LogP contribution in [0.3, 0.4) is 0 Å². The first-order valence-corrected chi connectivity index (χ1v) is 8.97. The number of likely N-dealkylation sites (tertiary alicyclic amines) is 2. The topological polar surface area (TPSA) is 52.7 Å². The molecule has 0 aliphatic carbocycles. The first-order chi connectivity index (χ1) is 11.6. The second kappa shape index (κ2) is 7.79. The Balaban J connectivity index is 1.54. The van der Waals surface area contributed by atoms with Crippen LogP contribution >= 0.6 is 0 Å². The van der Waals surface area contributed by atoms with E-state index in [4.69, 9.17) is 0 Å². The van der Waals surface area contributed by atoms with Crippen molar-refractivity contribution >= 4 is 11.8 Å². The molecule has 0 unspecified atom stereocenters. The number of carbonyl (C=O) groups excluding carboxylic acids is 2. The Hall–Kier alpha value is -1.88. The van der Waals surface area contributed by atoms with Crippen LogP contribution in [0.5, 0.6) is 0 Å². The van der Waals surface area contributed by atoms with Gasteiger partial charge in [-0.05, 0) is 37.8 Å². The molecule has 130 valence electrons. The molecular weight excluding hydrogens is 302 g/mol. The maximum Gasteiger partial charge on any atom is 0.234 e. The number of hydrogen-bond donors (Lipinski definition) is 1. The van der Waals surface area contributed by atoms with Gasteiger partial charge in [0.05, 0.1) is 6.54 Å². The number of rotatable bonds is 5. The van der Waals surface area contributed by atoms with E-state index >= 15 is 0 Å². The van der Waals surface area contributed by atoms with Crippen LogP contribution in [0.15, 0.2) is 30.3 Å². The van der Waals surface area contributed by atoms with Crippen LogP contribution in [-0.4, -0.2) is 53.3 Å².